The van der Waals surface area contributed by atoms with Crippen molar-refractivity contribution in [3.8, 4) is 5.75 Å². The van der Waals surface area contributed by atoms with Gasteiger partial charge in [0, 0.05) is 18.7 Å². The van der Waals surface area contributed by atoms with E-state index < -0.39 is 6.10 Å². The maximum atomic E-state index is 12.7. The van der Waals surface area contributed by atoms with Crippen LogP contribution in [0.3, 0.4) is 0 Å². The Labute approximate surface area is 154 Å². The number of amides is 1. The number of likely N-dealkylation sites (tertiary alicyclic amines) is 1. The Morgan fingerprint density at radius 2 is 1.88 bits per heavy atom. The fourth-order valence-corrected chi connectivity index (χ4v) is 3.48. The number of ether oxygens (including phenoxy) is 1. The summed E-state index contributed by atoms with van der Waals surface area (Å²) in [5.74, 6) is 1.19. The van der Waals surface area contributed by atoms with E-state index in [1.54, 1.807) is 31.2 Å². The van der Waals surface area contributed by atoms with Gasteiger partial charge in [0.2, 0.25) is 0 Å². The summed E-state index contributed by atoms with van der Waals surface area (Å²) in [6.07, 6.45) is 3.34. The molecule has 1 unspecified atom stereocenters. The van der Waals surface area contributed by atoms with Gasteiger partial charge in [-0.3, -0.25) is 9.59 Å². The van der Waals surface area contributed by atoms with E-state index in [1.807, 2.05) is 11.0 Å². The summed E-state index contributed by atoms with van der Waals surface area (Å²) in [7, 11) is 0. The minimum Gasteiger partial charge on any atom is -0.481 e. The number of hydrogen-bond donors (Lipinski definition) is 0. The molecule has 1 saturated heterocycles. The van der Waals surface area contributed by atoms with Gasteiger partial charge in [-0.05, 0) is 49.8 Å². The van der Waals surface area contributed by atoms with Crippen LogP contribution in [-0.2, 0) is 11.2 Å². The summed E-state index contributed by atoms with van der Waals surface area (Å²) in [5, 5.41) is 0. The average molecular weight is 351 g/mol. The van der Waals surface area contributed by atoms with Crippen molar-refractivity contribution >= 4 is 12.2 Å². The Morgan fingerprint density at radius 1 is 1.15 bits per heavy atom. The number of aldehydes is 1. The van der Waals surface area contributed by atoms with Crippen LogP contribution < -0.4 is 4.74 Å². The van der Waals surface area contributed by atoms with E-state index in [-0.39, 0.29) is 5.91 Å². The van der Waals surface area contributed by atoms with E-state index in [0.717, 1.165) is 38.6 Å². The number of benzene rings is 2. The number of piperidine rings is 1. The van der Waals surface area contributed by atoms with Gasteiger partial charge in [0.25, 0.3) is 5.91 Å². The molecular weight excluding hydrogens is 326 g/mol. The van der Waals surface area contributed by atoms with Crippen molar-refractivity contribution in [1.82, 2.24) is 4.90 Å². The van der Waals surface area contributed by atoms with Crippen molar-refractivity contribution < 1.29 is 14.3 Å². The molecule has 0 saturated carbocycles. The average Bonchev–Trinajstić information content (AvgIpc) is 2.69. The molecule has 1 heterocycles. The Hall–Kier alpha value is -2.62. The van der Waals surface area contributed by atoms with E-state index >= 15 is 0 Å². The maximum absolute atomic E-state index is 12.7. The Kier molecular flexibility index (Phi) is 6.05. The first kappa shape index (κ1) is 18.2. The first-order valence-electron chi connectivity index (χ1n) is 9.20. The molecule has 3 rings (SSSR count). The summed E-state index contributed by atoms with van der Waals surface area (Å²) in [5.41, 5.74) is 1.91. The highest BCUT2D eigenvalue weighted by atomic mass is 16.5. The molecule has 0 bridgehead atoms. The molecule has 1 atom stereocenters. The SMILES string of the molecule is CC(Oc1cccc(C=O)c1)C(=O)N1CCC(Cc2ccccc2)CC1. The third-order valence-corrected chi connectivity index (χ3v) is 4.95. The number of rotatable bonds is 6. The lowest BCUT2D eigenvalue weighted by atomic mass is 9.90. The molecule has 2 aromatic carbocycles. The Bertz CT molecular complexity index is 736. The second-order valence-corrected chi connectivity index (χ2v) is 6.91. The van der Waals surface area contributed by atoms with Gasteiger partial charge in [0.15, 0.2) is 6.10 Å². The monoisotopic (exact) mass is 351 g/mol. The van der Waals surface area contributed by atoms with Crippen molar-refractivity contribution in [3.63, 3.8) is 0 Å². The molecule has 4 nitrogen and oxygen atoms in total. The first-order chi connectivity index (χ1) is 12.7. The second-order valence-electron chi connectivity index (χ2n) is 6.91. The minimum atomic E-state index is -0.553. The van der Waals surface area contributed by atoms with Gasteiger partial charge in [-0.15, -0.1) is 0 Å². The third kappa shape index (κ3) is 4.72. The van der Waals surface area contributed by atoms with Gasteiger partial charge in [-0.25, -0.2) is 0 Å². The van der Waals surface area contributed by atoms with Crippen LogP contribution in [-0.4, -0.2) is 36.3 Å². The molecule has 0 aliphatic carbocycles. The smallest absolute Gasteiger partial charge is 0.263 e. The van der Waals surface area contributed by atoms with Crippen LogP contribution in [0.4, 0.5) is 0 Å². The highest BCUT2D eigenvalue weighted by Crippen LogP contribution is 2.23. The molecule has 26 heavy (non-hydrogen) atoms. The van der Waals surface area contributed by atoms with Crippen LogP contribution in [0.1, 0.15) is 35.7 Å². The maximum Gasteiger partial charge on any atom is 0.263 e. The van der Waals surface area contributed by atoms with Crippen molar-refractivity contribution in [1.29, 1.82) is 0 Å². The molecule has 0 spiro atoms. The summed E-state index contributed by atoms with van der Waals surface area (Å²) in [4.78, 5) is 25.4. The van der Waals surface area contributed by atoms with E-state index in [9.17, 15) is 9.59 Å². The summed E-state index contributed by atoms with van der Waals surface area (Å²) >= 11 is 0. The number of nitrogens with zero attached hydrogens (tertiary/aromatic N) is 1. The zero-order valence-electron chi connectivity index (χ0n) is 15.1. The molecule has 1 amide bonds. The molecule has 1 fully saturated rings. The predicted molar refractivity (Wildman–Crippen MR) is 101 cm³/mol. The van der Waals surface area contributed by atoms with Crippen LogP contribution in [0, 0.1) is 5.92 Å². The van der Waals surface area contributed by atoms with Gasteiger partial charge < -0.3 is 9.64 Å². The summed E-state index contributed by atoms with van der Waals surface area (Å²) in [6.45, 7) is 3.32. The molecular formula is C22H25NO3. The van der Waals surface area contributed by atoms with E-state index in [1.165, 1.54) is 5.56 Å². The van der Waals surface area contributed by atoms with Gasteiger partial charge in [-0.1, -0.05) is 42.5 Å². The fourth-order valence-electron chi connectivity index (χ4n) is 3.48. The largest absolute Gasteiger partial charge is 0.481 e. The van der Waals surface area contributed by atoms with Crippen molar-refractivity contribution in [2.75, 3.05) is 13.1 Å². The molecule has 4 heteroatoms. The molecule has 1 aliphatic heterocycles. The number of hydrogen-bond acceptors (Lipinski definition) is 3. The summed E-state index contributed by atoms with van der Waals surface area (Å²) < 4.78 is 5.74. The van der Waals surface area contributed by atoms with Crippen LogP contribution in [0.15, 0.2) is 54.6 Å². The molecule has 2 aromatic rings. The zero-order valence-corrected chi connectivity index (χ0v) is 15.1. The Morgan fingerprint density at radius 3 is 2.58 bits per heavy atom. The number of carbonyl (C=O) groups is 2. The lowest BCUT2D eigenvalue weighted by Gasteiger charge is -2.33. The quantitative estimate of drug-likeness (QED) is 0.745. The van der Waals surface area contributed by atoms with Crippen LogP contribution in [0.25, 0.3) is 0 Å². The van der Waals surface area contributed by atoms with E-state index in [0.29, 0.717) is 17.2 Å². The van der Waals surface area contributed by atoms with Crippen LogP contribution in [0.5, 0.6) is 5.75 Å². The van der Waals surface area contributed by atoms with Crippen molar-refractivity contribution in [2.45, 2.75) is 32.3 Å². The zero-order chi connectivity index (χ0) is 18.4. The predicted octanol–water partition coefficient (Wildman–Crippen LogP) is 3.75. The van der Waals surface area contributed by atoms with Gasteiger partial charge in [0.05, 0.1) is 0 Å². The summed E-state index contributed by atoms with van der Waals surface area (Å²) in [6, 6.07) is 17.4. The van der Waals surface area contributed by atoms with E-state index in [4.69, 9.17) is 4.74 Å². The third-order valence-electron chi connectivity index (χ3n) is 4.95. The van der Waals surface area contributed by atoms with Crippen LogP contribution >= 0.6 is 0 Å². The lowest BCUT2D eigenvalue weighted by Crippen LogP contribution is -2.45. The topological polar surface area (TPSA) is 46.6 Å². The van der Waals surface area contributed by atoms with Gasteiger partial charge in [-0.2, -0.15) is 0 Å². The van der Waals surface area contributed by atoms with Gasteiger partial charge >= 0.3 is 0 Å². The number of carbonyl (C=O) groups excluding carboxylic acids is 2. The fraction of sp³-hybridized carbons (Fsp3) is 0.364. The van der Waals surface area contributed by atoms with Gasteiger partial charge in [0.1, 0.15) is 12.0 Å². The van der Waals surface area contributed by atoms with Crippen molar-refractivity contribution in [3.05, 3.63) is 65.7 Å². The lowest BCUT2D eigenvalue weighted by molar-refractivity contribution is -0.139. The standard InChI is InChI=1S/C22H25NO3/c1-17(26-21-9-5-8-20(15-21)16-24)22(25)23-12-10-19(11-13-23)14-18-6-3-2-4-7-18/h2-9,15-17,19H,10-14H2,1H3. The minimum absolute atomic E-state index is 0.0136. The molecule has 136 valence electrons. The molecule has 0 N–H and O–H groups in total. The first-order valence-corrected chi connectivity index (χ1v) is 9.20. The molecule has 1 aliphatic rings. The highest BCUT2D eigenvalue weighted by Gasteiger charge is 2.27. The van der Waals surface area contributed by atoms with Crippen LogP contribution in [0.2, 0.25) is 0 Å². The Balaban J connectivity index is 1.50. The normalized spacial score (nSPS) is 16.1. The van der Waals surface area contributed by atoms with E-state index in [2.05, 4.69) is 24.3 Å². The molecule has 0 radical (unpaired) electrons. The highest BCUT2D eigenvalue weighted by molar-refractivity contribution is 5.81. The molecule has 0 aromatic heterocycles. The second kappa shape index (κ2) is 8.65. The van der Waals surface area contributed by atoms with Crippen molar-refractivity contribution in [2.24, 2.45) is 5.92 Å².